The highest BCUT2D eigenvalue weighted by Gasteiger charge is 2.32. The zero-order valence-electron chi connectivity index (χ0n) is 14.6. The molecule has 0 saturated carbocycles. The SMILES string of the molecule is Cc1cc(C)n(Cc2ccc(C(=O)N3CCCCC3C(=O)O)cc2)n1. The minimum Gasteiger partial charge on any atom is -0.480 e. The van der Waals surface area contributed by atoms with E-state index in [-0.39, 0.29) is 5.91 Å². The minimum atomic E-state index is -0.922. The van der Waals surface area contributed by atoms with Crippen LogP contribution in [0, 0.1) is 13.8 Å². The molecule has 0 aliphatic carbocycles. The van der Waals surface area contributed by atoms with Crippen molar-refractivity contribution in [2.24, 2.45) is 0 Å². The molecular weight excluding hydrogens is 318 g/mol. The third kappa shape index (κ3) is 3.73. The predicted octanol–water partition coefficient (Wildman–Crippen LogP) is 2.63. The van der Waals surface area contributed by atoms with Crippen molar-refractivity contribution in [3.63, 3.8) is 0 Å². The van der Waals surface area contributed by atoms with E-state index >= 15 is 0 Å². The van der Waals surface area contributed by atoms with E-state index in [2.05, 4.69) is 5.10 Å². The number of carboxylic acids is 1. The van der Waals surface area contributed by atoms with Crippen molar-refractivity contribution in [1.29, 1.82) is 0 Å². The van der Waals surface area contributed by atoms with Gasteiger partial charge in [-0.05, 0) is 56.9 Å². The zero-order chi connectivity index (χ0) is 18.0. The van der Waals surface area contributed by atoms with Crippen LogP contribution in [0.1, 0.15) is 46.6 Å². The number of nitrogens with zero attached hydrogens (tertiary/aromatic N) is 3. The molecule has 1 N–H and O–H groups in total. The first-order valence-electron chi connectivity index (χ1n) is 8.59. The lowest BCUT2D eigenvalue weighted by Crippen LogP contribution is -2.47. The first-order chi connectivity index (χ1) is 12.0. The van der Waals surface area contributed by atoms with E-state index in [9.17, 15) is 14.7 Å². The Balaban J connectivity index is 1.74. The molecule has 6 nitrogen and oxygen atoms in total. The molecule has 132 valence electrons. The van der Waals surface area contributed by atoms with Crippen LogP contribution in [0.25, 0.3) is 0 Å². The van der Waals surface area contributed by atoms with Crippen molar-refractivity contribution in [2.75, 3.05) is 6.54 Å². The monoisotopic (exact) mass is 341 g/mol. The average molecular weight is 341 g/mol. The summed E-state index contributed by atoms with van der Waals surface area (Å²) in [4.78, 5) is 25.6. The Hall–Kier alpha value is -2.63. The molecule has 1 amide bonds. The van der Waals surface area contributed by atoms with Gasteiger partial charge in [-0.3, -0.25) is 9.48 Å². The van der Waals surface area contributed by atoms with Crippen molar-refractivity contribution >= 4 is 11.9 Å². The second-order valence-corrected chi connectivity index (χ2v) is 6.63. The molecular formula is C19H23N3O3. The molecule has 25 heavy (non-hydrogen) atoms. The van der Waals surface area contributed by atoms with Crippen LogP contribution in [0.4, 0.5) is 0 Å². The van der Waals surface area contributed by atoms with Crippen LogP contribution < -0.4 is 0 Å². The molecule has 1 aromatic heterocycles. The zero-order valence-corrected chi connectivity index (χ0v) is 14.6. The highest BCUT2D eigenvalue weighted by molar-refractivity contribution is 5.96. The van der Waals surface area contributed by atoms with Gasteiger partial charge in [0.2, 0.25) is 0 Å². The summed E-state index contributed by atoms with van der Waals surface area (Å²) in [7, 11) is 0. The Morgan fingerprint density at radius 1 is 1.20 bits per heavy atom. The van der Waals surface area contributed by atoms with Crippen molar-refractivity contribution < 1.29 is 14.7 Å². The van der Waals surface area contributed by atoms with Crippen LogP contribution in [0.15, 0.2) is 30.3 Å². The van der Waals surface area contributed by atoms with Gasteiger partial charge in [0.15, 0.2) is 0 Å². The van der Waals surface area contributed by atoms with Crippen molar-refractivity contribution in [2.45, 2.75) is 45.7 Å². The maximum atomic E-state index is 12.7. The lowest BCUT2D eigenvalue weighted by atomic mass is 10.0. The maximum absolute atomic E-state index is 12.7. The van der Waals surface area contributed by atoms with Crippen LogP contribution in [-0.2, 0) is 11.3 Å². The molecule has 2 aromatic rings. The molecule has 6 heteroatoms. The highest BCUT2D eigenvalue weighted by Crippen LogP contribution is 2.20. The van der Waals surface area contributed by atoms with E-state index < -0.39 is 12.0 Å². The molecule has 0 radical (unpaired) electrons. The van der Waals surface area contributed by atoms with Gasteiger partial charge >= 0.3 is 5.97 Å². The number of carboxylic acid groups (broad SMARTS) is 1. The summed E-state index contributed by atoms with van der Waals surface area (Å²) in [6.45, 7) is 5.13. The summed E-state index contributed by atoms with van der Waals surface area (Å²) >= 11 is 0. The van der Waals surface area contributed by atoms with Crippen molar-refractivity contribution in [3.05, 3.63) is 52.8 Å². The Labute approximate surface area is 147 Å². The van der Waals surface area contributed by atoms with E-state index in [4.69, 9.17) is 0 Å². The molecule has 1 aliphatic rings. The number of aromatic nitrogens is 2. The summed E-state index contributed by atoms with van der Waals surface area (Å²) in [6.07, 6.45) is 2.23. The standard InChI is InChI=1S/C19H23N3O3/c1-13-11-14(2)22(20-13)12-15-6-8-16(9-7-15)18(23)21-10-4-3-5-17(21)19(24)25/h6-9,11,17H,3-5,10,12H2,1-2H3,(H,24,25). The summed E-state index contributed by atoms with van der Waals surface area (Å²) < 4.78 is 1.93. The number of aryl methyl sites for hydroxylation is 2. The van der Waals surface area contributed by atoms with Crippen LogP contribution in [0.2, 0.25) is 0 Å². The summed E-state index contributed by atoms with van der Waals surface area (Å²) in [5, 5.41) is 13.8. The van der Waals surface area contributed by atoms with E-state index in [1.54, 1.807) is 12.1 Å². The molecule has 0 bridgehead atoms. The number of hydrogen-bond donors (Lipinski definition) is 1. The summed E-state index contributed by atoms with van der Waals surface area (Å²) in [5.41, 5.74) is 3.66. The molecule has 1 unspecified atom stereocenters. The first-order valence-corrected chi connectivity index (χ1v) is 8.59. The molecule has 1 aromatic carbocycles. The van der Waals surface area contributed by atoms with Crippen molar-refractivity contribution in [1.82, 2.24) is 14.7 Å². The highest BCUT2D eigenvalue weighted by atomic mass is 16.4. The van der Waals surface area contributed by atoms with Gasteiger partial charge in [0.05, 0.1) is 12.2 Å². The number of aliphatic carboxylic acids is 1. The third-order valence-corrected chi connectivity index (χ3v) is 4.69. The van der Waals surface area contributed by atoms with E-state index in [1.165, 1.54) is 4.90 Å². The van der Waals surface area contributed by atoms with Crippen LogP contribution in [0.5, 0.6) is 0 Å². The minimum absolute atomic E-state index is 0.204. The smallest absolute Gasteiger partial charge is 0.326 e. The average Bonchev–Trinajstić information content (AvgIpc) is 2.92. The molecule has 1 fully saturated rings. The number of carbonyl (C=O) groups excluding carboxylic acids is 1. The number of benzene rings is 1. The molecule has 1 aliphatic heterocycles. The van der Waals surface area contributed by atoms with E-state index in [0.717, 1.165) is 29.8 Å². The lowest BCUT2D eigenvalue weighted by Gasteiger charge is -2.33. The second kappa shape index (κ2) is 7.09. The number of likely N-dealkylation sites (tertiary alicyclic amines) is 1. The fourth-order valence-electron chi connectivity index (χ4n) is 3.36. The van der Waals surface area contributed by atoms with Gasteiger partial charge in [0.25, 0.3) is 5.91 Å². The van der Waals surface area contributed by atoms with Crippen LogP contribution >= 0.6 is 0 Å². The molecule has 0 spiro atoms. The molecule has 2 heterocycles. The van der Waals surface area contributed by atoms with Crippen LogP contribution in [-0.4, -0.2) is 44.3 Å². The number of piperidine rings is 1. The maximum Gasteiger partial charge on any atom is 0.326 e. The normalized spacial score (nSPS) is 17.5. The Bertz CT molecular complexity index is 780. The fraction of sp³-hybridized carbons (Fsp3) is 0.421. The fourth-order valence-corrected chi connectivity index (χ4v) is 3.36. The topological polar surface area (TPSA) is 75.4 Å². The number of carbonyl (C=O) groups is 2. The van der Waals surface area contributed by atoms with E-state index in [1.807, 2.05) is 36.7 Å². The molecule has 1 saturated heterocycles. The third-order valence-electron chi connectivity index (χ3n) is 4.69. The quantitative estimate of drug-likeness (QED) is 0.927. The number of hydrogen-bond acceptors (Lipinski definition) is 3. The second-order valence-electron chi connectivity index (χ2n) is 6.63. The largest absolute Gasteiger partial charge is 0.480 e. The van der Waals surface area contributed by atoms with Gasteiger partial charge in [-0.25, -0.2) is 4.79 Å². The number of rotatable bonds is 4. The van der Waals surface area contributed by atoms with Gasteiger partial charge in [-0.2, -0.15) is 5.10 Å². The van der Waals surface area contributed by atoms with Gasteiger partial charge in [0.1, 0.15) is 6.04 Å². The van der Waals surface area contributed by atoms with Crippen LogP contribution in [0.3, 0.4) is 0 Å². The Morgan fingerprint density at radius 3 is 2.52 bits per heavy atom. The predicted molar refractivity (Wildman–Crippen MR) is 93.6 cm³/mol. The lowest BCUT2D eigenvalue weighted by molar-refractivity contribution is -0.143. The Morgan fingerprint density at radius 2 is 1.92 bits per heavy atom. The van der Waals surface area contributed by atoms with Gasteiger partial charge < -0.3 is 10.0 Å². The summed E-state index contributed by atoms with van der Waals surface area (Å²) in [6, 6.07) is 8.68. The van der Waals surface area contributed by atoms with Crippen molar-refractivity contribution in [3.8, 4) is 0 Å². The Kier molecular flexibility index (Phi) is 4.88. The van der Waals surface area contributed by atoms with E-state index in [0.29, 0.717) is 25.1 Å². The molecule has 1 atom stereocenters. The number of amides is 1. The van der Waals surface area contributed by atoms with Gasteiger partial charge in [0, 0.05) is 17.8 Å². The molecule has 3 rings (SSSR count). The van der Waals surface area contributed by atoms with Gasteiger partial charge in [-0.1, -0.05) is 12.1 Å². The first kappa shape index (κ1) is 17.2. The summed E-state index contributed by atoms with van der Waals surface area (Å²) in [5.74, 6) is -1.13. The van der Waals surface area contributed by atoms with Gasteiger partial charge in [-0.15, -0.1) is 0 Å².